The molecule has 0 amide bonds. The monoisotopic (exact) mass is 286 g/mol. The Morgan fingerprint density at radius 1 is 1.44 bits per heavy atom. The number of unbranched alkanes of at least 4 members (excludes halogenated alkanes) is 2. The predicted octanol–water partition coefficient (Wildman–Crippen LogP) is 3.24. The van der Waals surface area contributed by atoms with Crippen molar-refractivity contribution in [3.63, 3.8) is 0 Å². The lowest BCUT2D eigenvalue weighted by molar-refractivity contribution is 0.307. The zero-order valence-electron chi connectivity index (χ0n) is 8.67. The normalized spacial score (nSPS) is 9.81. The summed E-state index contributed by atoms with van der Waals surface area (Å²) in [4.78, 5) is 0. The molecule has 0 fully saturated rings. The smallest absolute Gasteiger partial charge is 0.145 e. The Labute approximate surface area is 102 Å². The molecule has 0 bridgehead atoms. The molecule has 0 heterocycles. The zero-order chi connectivity index (χ0) is 12.0. The number of hydrogen-bond acceptors (Lipinski definition) is 3. The fourth-order valence-electron chi connectivity index (χ4n) is 1.16. The van der Waals surface area contributed by atoms with Crippen LogP contribution < -0.4 is 10.5 Å². The largest absolute Gasteiger partial charge is 0.491 e. The predicted molar refractivity (Wildman–Crippen MR) is 63.5 cm³/mol. The Kier molecular flexibility index (Phi) is 5.06. The second-order valence-corrected chi connectivity index (χ2v) is 4.12. The third kappa shape index (κ3) is 3.70. The van der Waals surface area contributed by atoms with Gasteiger partial charge in [0.2, 0.25) is 0 Å². The molecular weight excluding hydrogens is 275 g/mol. The van der Waals surface area contributed by atoms with Crippen LogP contribution in [-0.4, -0.2) is 6.61 Å². The SMILES string of the molecule is N#CCCCCOc1cc(F)c(Br)cc1N. The molecule has 0 aliphatic heterocycles. The molecule has 1 rings (SSSR count). The van der Waals surface area contributed by atoms with E-state index in [0.29, 0.717) is 28.9 Å². The van der Waals surface area contributed by atoms with Gasteiger partial charge in [-0.2, -0.15) is 5.26 Å². The second kappa shape index (κ2) is 6.33. The summed E-state index contributed by atoms with van der Waals surface area (Å²) in [6.07, 6.45) is 2.04. The summed E-state index contributed by atoms with van der Waals surface area (Å²) >= 11 is 3.04. The molecule has 16 heavy (non-hydrogen) atoms. The second-order valence-electron chi connectivity index (χ2n) is 3.27. The number of nitriles is 1. The summed E-state index contributed by atoms with van der Waals surface area (Å²) in [5, 5.41) is 8.33. The van der Waals surface area contributed by atoms with Crippen molar-refractivity contribution in [2.45, 2.75) is 19.3 Å². The van der Waals surface area contributed by atoms with Crippen molar-refractivity contribution in [1.29, 1.82) is 5.26 Å². The first-order valence-electron chi connectivity index (χ1n) is 4.89. The highest BCUT2D eigenvalue weighted by molar-refractivity contribution is 9.10. The zero-order valence-corrected chi connectivity index (χ0v) is 10.3. The van der Waals surface area contributed by atoms with Gasteiger partial charge in [0, 0.05) is 12.5 Å². The van der Waals surface area contributed by atoms with Crippen LogP contribution in [0.15, 0.2) is 16.6 Å². The maximum absolute atomic E-state index is 13.2. The first-order valence-corrected chi connectivity index (χ1v) is 5.68. The van der Waals surface area contributed by atoms with E-state index >= 15 is 0 Å². The Morgan fingerprint density at radius 2 is 2.19 bits per heavy atom. The van der Waals surface area contributed by atoms with E-state index in [1.807, 2.05) is 6.07 Å². The van der Waals surface area contributed by atoms with Crippen molar-refractivity contribution < 1.29 is 9.13 Å². The maximum atomic E-state index is 13.2. The summed E-state index contributed by atoms with van der Waals surface area (Å²) in [7, 11) is 0. The van der Waals surface area contributed by atoms with Crippen molar-refractivity contribution in [1.82, 2.24) is 0 Å². The van der Waals surface area contributed by atoms with Gasteiger partial charge in [0.25, 0.3) is 0 Å². The van der Waals surface area contributed by atoms with Crippen LogP contribution in [-0.2, 0) is 0 Å². The summed E-state index contributed by atoms with van der Waals surface area (Å²) in [5.74, 6) is -0.0566. The number of anilines is 1. The number of nitrogens with two attached hydrogens (primary N) is 1. The van der Waals surface area contributed by atoms with Crippen LogP contribution >= 0.6 is 15.9 Å². The highest BCUT2D eigenvalue weighted by Crippen LogP contribution is 2.28. The van der Waals surface area contributed by atoms with E-state index in [9.17, 15) is 4.39 Å². The van der Waals surface area contributed by atoms with Crippen molar-refractivity contribution in [2.75, 3.05) is 12.3 Å². The van der Waals surface area contributed by atoms with Gasteiger partial charge in [0.1, 0.15) is 11.6 Å². The minimum absolute atomic E-state index is 0.321. The van der Waals surface area contributed by atoms with E-state index in [2.05, 4.69) is 15.9 Å². The number of halogens is 2. The van der Waals surface area contributed by atoms with Crippen LogP contribution in [0.2, 0.25) is 0 Å². The summed E-state index contributed by atoms with van der Waals surface area (Å²) in [6.45, 7) is 0.437. The summed E-state index contributed by atoms with van der Waals surface area (Å²) in [5.41, 5.74) is 6.05. The molecule has 0 atom stereocenters. The molecule has 2 N–H and O–H groups in total. The van der Waals surface area contributed by atoms with Crippen LogP contribution in [0, 0.1) is 17.1 Å². The Hall–Kier alpha value is -1.28. The summed E-state index contributed by atoms with van der Waals surface area (Å²) in [6, 6.07) is 4.77. The highest BCUT2D eigenvalue weighted by Gasteiger charge is 2.06. The Balaban J connectivity index is 2.48. The number of rotatable bonds is 5. The van der Waals surface area contributed by atoms with Crippen LogP contribution in [0.25, 0.3) is 0 Å². The molecule has 5 heteroatoms. The first kappa shape index (κ1) is 12.8. The summed E-state index contributed by atoms with van der Waals surface area (Å²) < 4.78 is 18.8. The van der Waals surface area contributed by atoms with E-state index in [1.54, 1.807) is 0 Å². The van der Waals surface area contributed by atoms with Crippen molar-refractivity contribution >= 4 is 21.6 Å². The van der Waals surface area contributed by atoms with Gasteiger partial charge >= 0.3 is 0 Å². The molecule has 86 valence electrons. The topological polar surface area (TPSA) is 59.0 Å². The standard InChI is InChI=1S/C11H12BrFN2O/c12-8-6-10(15)11(7-9(8)13)16-5-3-1-2-4-14/h6-7H,1-3,5,15H2. The van der Waals surface area contributed by atoms with E-state index in [4.69, 9.17) is 15.7 Å². The Morgan fingerprint density at radius 3 is 2.88 bits per heavy atom. The highest BCUT2D eigenvalue weighted by atomic mass is 79.9. The van der Waals surface area contributed by atoms with Crippen molar-refractivity contribution in [3.8, 4) is 11.8 Å². The lowest BCUT2D eigenvalue weighted by Crippen LogP contribution is -2.01. The van der Waals surface area contributed by atoms with E-state index < -0.39 is 5.82 Å². The van der Waals surface area contributed by atoms with Crippen LogP contribution in [0.1, 0.15) is 19.3 Å². The van der Waals surface area contributed by atoms with E-state index in [-0.39, 0.29) is 0 Å². The van der Waals surface area contributed by atoms with Gasteiger partial charge in [-0.3, -0.25) is 0 Å². The van der Waals surface area contributed by atoms with Gasteiger partial charge in [-0.15, -0.1) is 0 Å². The van der Waals surface area contributed by atoms with Gasteiger partial charge in [-0.1, -0.05) is 0 Å². The van der Waals surface area contributed by atoms with E-state index in [1.165, 1.54) is 12.1 Å². The lowest BCUT2D eigenvalue weighted by Gasteiger charge is -2.09. The molecule has 0 saturated carbocycles. The fraction of sp³-hybridized carbons (Fsp3) is 0.364. The van der Waals surface area contributed by atoms with Gasteiger partial charge < -0.3 is 10.5 Å². The molecule has 1 aromatic carbocycles. The molecule has 1 aromatic rings. The molecule has 0 radical (unpaired) electrons. The number of benzene rings is 1. The van der Waals surface area contributed by atoms with Gasteiger partial charge in [0.05, 0.1) is 22.8 Å². The number of nitrogen functional groups attached to an aromatic ring is 1. The quantitative estimate of drug-likeness (QED) is 0.668. The number of hydrogen-bond donors (Lipinski definition) is 1. The molecule has 0 aliphatic carbocycles. The lowest BCUT2D eigenvalue weighted by atomic mass is 10.2. The number of nitrogens with zero attached hydrogens (tertiary/aromatic N) is 1. The molecule has 0 unspecified atom stereocenters. The third-order valence-corrected chi connectivity index (χ3v) is 2.60. The van der Waals surface area contributed by atoms with Gasteiger partial charge in [-0.05, 0) is 34.8 Å². The van der Waals surface area contributed by atoms with Crippen molar-refractivity contribution in [2.24, 2.45) is 0 Å². The minimum Gasteiger partial charge on any atom is -0.491 e. The molecular formula is C11H12BrFN2O. The first-order chi connectivity index (χ1) is 7.65. The average molecular weight is 287 g/mol. The third-order valence-electron chi connectivity index (χ3n) is 1.99. The van der Waals surface area contributed by atoms with Crippen LogP contribution in [0.5, 0.6) is 5.75 Å². The Bertz CT molecular complexity index is 404. The molecule has 3 nitrogen and oxygen atoms in total. The molecule has 0 spiro atoms. The fourth-order valence-corrected chi connectivity index (χ4v) is 1.52. The molecule has 0 saturated heterocycles. The van der Waals surface area contributed by atoms with Crippen LogP contribution in [0.3, 0.4) is 0 Å². The molecule has 0 aromatic heterocycles. The minimum atomic E-state index is -0.402. The average Bonchev–Trinajstić information content (AvgIpc) is 2.25. The van der Waals surface area contributed by atoms with E-state index in [0.717, 1.165) is 12.8 Å². The van der Waals surface area contributed by atoms with Gasteiger partial charge in [0.15, 0.2) is 0 Å². The number of ether oxygens (including phenoxy) is 1. The maximum Gasteiger partial charge on any atom is 0.145 e. The molecule has 0 aliphatic rings. The van der Waals surface area contributed by atoms with Crippen LogP contribution in [0.4, 0.5) is 10.1 Å². The van der Waals surface area contributed by atoms with Crippen molar-refractivity contribution in [3.05, 3.63) is 22.4 Å². The van der Waals surface area contributed by atoms with Gasteiger partial charge in [-0.25, -0.2) is 4.39 Å².